The van der Waals surface area contributed by atoms with Crippen molar-refractivity contribution in [3.05, 3.63) is 36.0 Å². The molecule has 11 heavy (non-hydrogen) atoms. The maximum atomic E-state index is 5.44. The van der Waals surface area contributed by atoms with Crippen LogP contribution < -0.4 is 5.73 Å². The number of thiocarbonyl (C=S) groups is 1. The molecule has 0 aromatic heterocycles. The molecule has 58 valence electrons. The third-order valence-electron chi connectivity index (χ3n) is 1.63. The predicted molar refractivity (Wildman–Crippen MR) is 52.6 cm³/mol. The standard InChI is InChI=1S/C9H11NS/c1-7(6-10)8-4-2-3-5-9(8)11/h2-4H,1,5-6,10H2. The summed E-state index contributed by atoms with van der Waals surface area (Å²) in [5.41, 5.74) is 7.42. The molecule has 2 N–H and O–H groups in total. The number of hydrogen-bond acceptors (Lipinski definition) is 2. The Balaban J connectivity index is 2.84. The molecule has 0 heterocycles. The van der Waals surface area contributed by atoms with E-state index in [2.05, 4.69) is 6.58 Å². The van der Waals surface area contributed by atoms with Gasteiger partial charge in [-0.15, -0.1) is 0 Å². The van der Waals surface area contributed by atoms with E-state index in [9.17, 15) is 0 Å². The molecule has 0 aromatic carbocycles. The fraction of sp³-hybridized carbons (Fsp3) is 0.222. The van der Waals surface area contributed by atoms with E-state index in [4.69, 9.17) is 18.0 Å². The lowest BCUT2D eigenvalue weighted by atomic mass is 9.98. The molecule has 1 aliphatic rings. The lowest BCUT2D eigenvalue weighted by molar-refractivity contribution is 1.17. The summed E-state index contributed by atoms with van der Waals surface area (Å²) >= 11 is 5.13. The second-order valence-corrected chi connectivity index (χ2v) is 2.94. The SMILES string of the molecule is C=C(CN)C1=CC=CCC1=S. The van der Waals surface area contributed by atoms with Crippen molar-refractivity contribution in [1.82, 2.24) is 0 Å². The Morgan fingerprint density at radius 1 is 1.73 bits per heavy atom. The van der Waals surface area contributed by atoms with E-state index in [0.29, 0.717) is 6.54 Å². The van der Waals surface area contributed by atoms with Crippen LogP contribution in [0.15, 0.2) is 36.0 Å². The van der Waals surface area contributed by atoms with Crippen LogP contribution in [0, 0.1) is 0 Å². The van der Waals surface area contributed by atoms with Crippen LogP contribution in [0.3, 0.4) is 0 Å². The lowest BCUT2D eigenvalue weighted by Crippen LogP contribution is -2.10. The summed E-state index contributed by atoms with van der Waals surface area (Å²) in [5, 5.41) is 0. The fourth-order valence-electron chi connectivity index (χ4n) is 0.967. The minimum absolute atomic E-state index is 0.486. The normalized spacial score (nSPS) is 16.5. The predicted octanol–water partition coefficient (Wildman–Crippen LogP) is 1.76. The summed E-state index contributed by atoms with van der Waals surface area (Å²) in [6, 6.07) is 0. The first-order valence-corrected chi connectivity index (χ1v) is 3.94. The average Bonchev–Trinajstić information content (AvgIpc) is 2.04. The topological polar surface area (TPSA) is 26.0 Å². The van der Waals surface area contributed by atoms with Gasteiger partial charge in [0.15, 0.2) is 0 Å². The molecule has 0 saturated carbocycles. The largest absolute Gasteiger partial charge is 0.326 e. The Kier molecular flexibility index (Phi) is 2.74. The van der Waals surface area contributed by atoms with Crippen LogP contribution >= 0.6 is 12.2 Å². The van der Waals surface area contributed by atoms with Crippen LogP contribution in [0.2, 0.25) is 0 Å². The van der Waals surface area contributed by atoms with Crippen LogP contribution in [0.4, 0.5) is 0 Å². The molecule has 0 aliphatic heterocycles. The van der Waals surface area contributed by atoms with Crippen molar-refractivity contribution >= 4 is 17.1 Å². The van der Waals surface area contributed by atoms with E-state index in [-0.39, 0.29) is 0 Å². The van der Waals surface area contributed by atoms with Crippen molar-refractivity contribution in [2.75, 3.05) is 6.54 Å². The first-order chi connectivity index (χ1) is 5.25. The second kappa shape index (κ2) is 3.60. The third kappa shape index (κ3) is 1.85. The van der Waals surface area contributed by atoms with Gasteiger partial charge < -0.3 is 5.73 Å². The second-order valence-electron chi connectivity index (χ2n) is 2.44. The Bertz CT molecular complexity index is 248. The number of rotatable bonds is 2. The monoisotopic (exact) mass is 165 g/mol. The van der Waals surface area contributed by atoms with Gasteiger partial charge in [-0.3, -0.25) is 0 Å². The van der Waals surface area contributed by atoms with Crippen molar-refractivity contribution in [1.29, 1.82) is 0 Å². The quantitative estimate of drug-likeness (QED) is 0.631. The number of allylic oxidation sites excluding steroid dienone is 3. The average molecular weight is 165 g/mol. The summed E-state index contributed by atoms with van der Waals surface area (Å²) in [6.45, 7) is 4.32. The molecule has 0 bridgehead atoms. The molecule has 0 saturated heterocycles. The Labute approximate surface area is 72.3 Å². The van der Waals surface area contributed by atoms with Gasteiger partial charge in [-0.1, -0.05) is 37.0 Å². The highest BCUT2D eigenvalue weighted by Gasteiger charge is 2.07. The molecular formula is C9H11NS. The summed E-state index contributed by atoms with van der Waals surface area (Å²) in [6.07, 6.45) is 6.85. The summed E-state index contributed by atoms with van der Waals surface area (Å²) in [5.74, 6) is 0. The van der Waals surface area contributed by atoms with Crippen molar-refractivity contribution in [2.45, 2.75) is 6.42 Å². The number of hydrogen-bond donors (Lipinski definition) is 1. The maximum absolute atomic E-state index is 5.44. The molecule has 0 spiro atoms. The third-order valence-corrected chi connectivity index (χ3v) is 2.02. The molecule has 0 amide bonds. The van der Waals surface area contributed by atoms with Gasteiger partial charge in [0.2, 0.25) is 0 Å². The molecular weight excluding hydrogens is 154 g/mol. The maximum Gasteiger partial charge on any atom is 0.0265 e. The molecule has 0 atom stereocenters. The van der Waals surface area contributed by atoms with E-state index in [1.165, 1.54) is 0 Å². The Hall–Kier alpha value is -0.730. The van der Waals surface area contributed by atoms with Crippen molar-refractivity contribution < 1.29 is 0 Å². The highest BCUT2D eigenvalue weighted by Crippen LogP contribution is 2.15. The van der Waals surface area contributed by atoms with Crippen molar-refractivity contribution in [3.63, 3.8) is 0 Å². The molecule has 1 rings (SSSR count). The van der Waals surface area contributed by atoms with E-state index in [1.807, 2.05) is 18.2 Å². The van der Waals surface area contributed by atoms with Crippen LogP contribution in [0.1, 0.15) is 6.42 Å². The molecule has 1 aliphatic carbocycles. The van der Waals surface area contributed by atoms with Gasteiger partial charge in [-0.2, -0.15) is 0 Å². The molecule has 0 radical (unpaired) electrons. The van der Waals surface area contributed by atoms with E-state index in [0.717, 1.165) is 22.4 Å². The van der Waals surface area contributed by atoms with E-state index >= 15 is 0 Å². The van der Waals surface area contributed by atoms with Crippen molar-refractivity contribution in [3.8, 4) is 0 Å². The van der Waals surface area contributed by atoms with E-state index < -0.39 is 0 Å². The Morgan fingerprint density at radius 2 is 2.45 bits per heavy atom. The van der Waals surface area contributed by atoms with Gasteiger partial charge >= 0.3 is 0 Å². The summed E-state index contributed by atoms with van der Waals surface area (Å²) in [4.78, 5) is 0.947. The van der Waals surface area contributed by atoms with Gasteiger partial charge in [-0.25, -0.2) is 0 Å². The van der Waals surface area contributed by atoms with Gasteiger partial charge in [0.25, 0.3) is 0 Å². The molecule has 0 aromatic rings. The van der Waals surface area contributed by atoms with Crippen LogP contribution in [-0.4, -0.2) is 11.4 Å². The van der Waals surface area contributed by atoms with Gasteiger partial charge in [0.05, 0.1) is 0 Å². The minimum Gasteiger partial charge on any atom is -0.326 e. The number of nitrogens with two attached hydrogens (primary N) is 1. The van der Waals surface area contributed by atoms with Crippen LogP contribution in [0.5, 0.6) is 0 Å². The molecule has 0 fully saturated rings. The zero-order valence-corrected chi connectivity index (χ0v) is 7.16. The van der Waals surface area contributed by atoms with Crippen LogP contribution in [-0.2, 0) is 0 Å². The molecule has 0 unspecified atom stereocenters. The first kappa shape index (κ1) is 8.37. The Morgan fingerprint density at radius 3 is 3.00 bits per heavy atom. The smallest absolute Gasteiger partial charge is 0.0265 e. The summed E-state index contributed by atoms with van der Waals surface area (Å²) in [7, 11) is 0. The molecule has 2 heteroatoms. The van der Waals surface area contributed by atoms with E-state index in [1.54, 1.807) is 0 Å². The van der Waals surface area contributed by atoms with Crippen LogP contribution in [0.25, 0.3) is 0 Å². The van der Waals surface area contributed by atoms with Gasteiger partial charge in [-0.05, 0) is 11.1 Å². The minimum atomic E-state index is 0.486. The lowest BCUT2D eigenvalue weighted by Gasteiger charge is -2.11. The highest BCUT2D eigenvalue weighted by molar-refractivity contribution is 7.80. The highest BCUT2D eigenvalue weighted by atomic mass is 32.1. The zero-order chi connectivity index (χ0) is 8.27. The first-order valence-electron chi connectivity index (χ1n) is 3.54. The fourth-order valence-corrected chi connectivity index (χ4v) is 1.28. The van der Waals surface area contributed by atoms with Gasteiger partial charge in [0, 0.05) is 17.8 Å². The van der Waals surface area contributed by atoms with Gasteiger partial charge in [0.1, 0.15) is 0 Å². The zero-order valence-electron chi connectivity index (χ0n) is 6.34. The summed E-state index contributed by atoms with van der Waals surface area (Å²) < 4.78 is 0. The molecule has 1 nitrogen and oxygen atoms in total. The van der Waals surface area contributed by atoms with Crippen molar-refractivity contribution in [2.24, 2.45) is 5.73 Å².